The maximum absolute atomic E-state index is 11.9. The minimum atomic E-state index is -3.37. The van der Waals surface area contributed by atoms with Gasteiger partial charge in [-0.3, -0.25) is 13.6 Å². The van der Waals surface area contributed by atoms with Gasteiger partial charge in [-0.2, -0.15) is 0 Å². The Morgan fingerprint density at radius 1 is 1.00 bits per heavy atom. The zero-order valence-electron chi connectivity index (χ0n) is 11.6. The van der Waals surface area contributed by atoms with Crippen LogP contribution >= 0.6 is 7.82 Å². The van der Waals surface area contributed by atoms with Crippen LogP contribution in [0.1, 0.15) is 27.2 Å². The quantitative estimate of drug-likeness (QED) is 0.314. The van der Waals surface area contributed by atoms with Crippen LogP contribution in [-0.4, -0.2) is 42.8 Å². The molecule has 0 saturated carbocycles. The molecule has 109 valence electrons. The van der Waals surface area contributed by atoms with Crippen LogP contribution in [0.3, 0.4) is 0 Å². The Balaban J connectivity index is 3.88. The second-order valence-electron chi connectivity index (χ2n) is 3.23. The Bertz CT molecular complexity index is 230. The summed E-state index contributed by atoms with van der Waals surface area (Å²) in [5.41, 5.74) is 0. The van der Waals surface area contributed by atoms with E-state index >= 15 is 0 Å². The molecule has 0 bridgehead atoms. The average Bonchev–Trinajstić information content (AvgIpc) is 2.34. The van der Waals surface area contributed by atoms with Crippen molar-refractivity contribution in [2.45, 2.75) is 33.2 Å². The molecule has 0 unspecified atom stereocenters. The largest absolute Gasteiger partial charge is 0.474 e. The van der Waals surface area contributed by atoms with Gasteiger partial charge in [0.25, 0.3) is 0 Å². The lowest BCUT2D eigenvalue weighted by Gasteiger charge is -2.16. The summed E-state index contributed by atoms with van der Waals surface area (Å²) in [4.78, 5) is 0. The van der Waals surface area contributed by atoms with Crippen molar-refractivity contribution in [3.8, 4) is 0 Å². The predicted octanol–water partition coefficient (Wildman–Crippen LogP) is 2.75. The second-order valence-corrected chi connectivity index (χ2v) is 6.84. The van der Waals surface area contributed by atoms with Crippen LogP contribution in [0.15, 0.2) is 0 Å². The molecule has 0 fully saturated rings. The zero-order chi connectivity index (χ0) is 13.9. The van der Waals surface area contributed by atoms with Crippen LogP contribution in [0.4, 0.5) is 0 Å². The van der Waals surface area contributed by atoms with E-state index in [9.17, 15) is 4.57 Å². The maximum Gasteiger partial charge on any atom is 0.474 e. The maximum atomic E-state index is 11.9. The van der Waals surface area contributed by atoms with Crippen LogP contribution in [0.5, 0.6) is 0 Å². The Morgan fingerprint density at radius 3 is 2.06 bits per heavy atom. The van der Waals surface area contributed by atoms with Gasteiger partial charge < -0.3 is 8.85 Å². The molecule has 0 atom stereocenters. The molecule has 0 rings (SSSR count). The highest BCUT2D eigenvalue weighted by Crippen LogP contribution is 2.49. The summed E-state index contributed by atoms with van der Waals surface area (Å²) < 4.78 is 37.8. The summed E-state index contributed by atoms with van der Waals surface area (Å²) in [5, 5.41) is 0. The molecule has 0 N–H and O–H groups in total. The lowest BCUT2D eigenvalue weighted by Crippen LogP contribution is -2.21. The SMILES string of the molecule is CCO[Si](CCCOP(=O)(OCC)OCC)OC. The Morgan fingerprint density at radius 2 is 1.61 bits per heavy atom. The van der Waals surface area contributed by atoms with Crippen LogP contribution in [0.2, 0.25) is 6.04 Å². The summed E-state index contributed by atoms with van der Waals surface area (Å²) in [7, 11) is -2.97. The molecule has 0 aliphatic carbocycles. The van der Waals surface area contributed by atoms with Crippen LogP contribution < -0.4 is 0 Å². The van der Waals surface area contributed by atoms with Crippen molar-refractivity contribution < 1.29 is 27.0 Å². The number of phosphoric acid groups is 1. The molecule has 0 aliphatic heterocycles. The molecule has 1 radical (unpaired) electrons. The van der Waals surface area contributed by atoms with Gasteiger partial charge in [0, 0.05) is 13.7 Å². The van der Waals surface area contributed by atoms with Crippen molar-refractivity contribution in [3.05, 3.63) is 0 Å². The smallest absolute Gasteiger partial charge is 0.397 e. The standard InChI is InChI=1S/C10H24O6PSi/c1-5-13-17(11,14-6-2)15-9-8-10-18(12-4)16-7-3/h5-10H2,1-4H3. The highest BCUT2D eigenvalue weighted by Gasteiger charge is 2.25. The van der Waals surface area contributed by atoms with E-state index in [2.05, 4.69) is 0 Å². The molecule has 8 heteroatoms. The molecule has 6 nitrogen and oxygen atoms in total. The van der Waals surface area contributed by atoms with E-state index in [0.717, 1.165) is 6.04 Å². The third-order valence-corrected chi connectivity index (χ3v) is 5.36. The fourth-order valence-corrected chi connectivity index (χ4v) is 3.65. The van der Waals surface area contributed by atoms with Crippen LogP contribution in [0, 0.1) is 0 Å². The van der Waals surface area contributed by atoms with Gasteiger partial charge in [-0.25, -0.2) is 4.57 Å². The van der Waals surface area contributed by atoms with E-state index in [1.807, 2.05) is 6.92 Å². The highest BCUT2D eigenvalue weighted by molar-refractivity contribution is 7.48. The number of hydrogen-bond acceptors (Lipinski definition) is 6. The third kappa shape index (κ3) is 8.37. The molecule has 0 aromatic heterocycles. The Kier molecular flexibility index (Phi) is 11.3. The lowest BCUT2D eigenvalue weighted by molar-refractivity contribution is 0.121. The van der Waals surface area contributed by atoms with E-state index in [-0.39, 0.29) is 0 Å². The van der Waals surface area contributed by atoms with E-state index in [4.69, 9.17) is 22.4 Å². The summed E-state index contributed by atoms with van der Waals surface area (Å²) in [6.45, 7) is 6.96. The van der Waals surface area contributed by atoms with Gasteiger partial charge in [-0.1, -0.05) is 0 Å². The van der Waals surface area contributed by atoms with Gasteiger partial charge >= 0.3 is 17.1 Å². The molecule has 0 amide bonds. The molecular formula is C10H24O6PSi. The summed E-state index contributed by atoms with van der Waals surface area (Å²) >= 11 is 0. The van der Waals surface area contributed by atoms with Gasteiger partial charge in [0.15, 0.2) is 0 Å². The molecule has 0 spiro atoms. The topological polar surface area (TPSA) is 63.2 Å². The van der Waals surface area contributed by atoms with Crippen LogP contribution in [-0.2, 0) is 27.0 Å². The second kappa shape index (κ2) is 11.1. The highest BCUT2D eigenvalue weighted by atomic mass is 31.2. The first-order chi connectivity index (χ1) is 8.61. The molecule has 0 aliphatic rings. The predicted molar refractivity (Wildman–Crippen MR) is 70.6 cm³/mol. The van der Waals surface area contributed by atoms with Gasteiger partial charge in [0.2, 0.25) is 0 Å². The van der Waals surface area contributed by atoms with Crippen molar-refractivity contribution in [3.63, 3.8) is 0 Å². The van der Waals surface area contributed by atoms with Crippen molar-refractivity contribution in [1.82, 2.24) is 0 Å². The van der Waals surface area contributed by atoms with Gasteiger partial charge in [0.05, 0.1) is 19.8 Å². The number of hydrogen-bond donors (Lipinski definition) is 0. The van der Waals surface area contributed by atoms with Gasteiger partial charge in [0.1, 0.15) is 0 Å². The molecular weight excluding hydrogens is 275 g/mol. The minimum absolute atomic E-state index is 0.295. The van der Waals surface area contributed by atoms with Gasteiger partial charge in [-0.15, -0.1) is 0 Å². The fourth-order valence-electron chi connectivity index (χ4n) is 1.22. The van der Waals surface area contributed by atoms with Crippen molar-refractivity contribution >= 4 is 17.1 Å². The fraction of sp³-hybridized carbons (Fsp3) is 1.00. The summed E-state index contributed by atoms with van der Waals surface area (Å²) in [6.07, 6.45) is 0.701. The number of phosphoric ester groups is 1. The average molecular weight is 299 g/mol. The Labute approximate surface area is 111 Å². The van der Waals surface area contributed by atoms with Crippen molar-refractivity contribution in [2.24, 2.45) is 0 Å². The molecule has 0 aromatic carbocycles. The third-order valence-electron chi connectivity index (χ3n) is 1.88. The first kappa shape index (κ1) is 18.2. The van der Waals surface area contributed by atoms with Crippen molar-refractivity contribution in [2.75, 3.05) is 33.5 Å². The summed E-state index contributed by atoms with van der Waals surface area (Å²) in [5.74, 6) is 0. The molecule has 0 aromatic rings. The monoisotopic (exact) mass is 299 g/mol. The lowest BCUT2D eigenvalue weighted by atomic mass is 10.5. The van der Waals surface area contributed by atoms with Crippen molar-refractivity contribution in [1.29, 1.82) is 0 Å². The first-order valence-electron chi connectivity index (χ1n) is 6.18. The van der Waals surface area contributed by atoms with E-state index in [0.29, 0.717) is 32.8 Å². The zero-order valence-corrected chi connectivity index (χ0v) is 13.5. The van der Waals surface area contributed by atoms with E-state index in [1.54, 1.807) is 21.0 Å². The molecule has 0 heterocycles. The summed E-state index contributed by atoms with van der Waals surface area (Å²) in [6, 6.07) is 0.771. The first-order valence-corrected chi connectivity index (χ1v) is 9.16. The molecule has 18 heavy (non-hydrogen) atoms. The van der Waals surface area contributed by atoms with Crippen LogP contribution in [0.25, 0.3) is 0 Å². The Hall–Kier alpha value is 0.247. The normalized spacial score (nSPS) is 12.3. The van der Waals surface area contributed by atoms with Gasteiger partial charge in [-0.05, 0) is 33.2 Å². The molecule has 0 saturated heterocycles. The minimum Gasteiger partial charge on any atom is -0.397 e. The van der Waals surface area contributed by atoms with E-state index in [1.165, 1.54) is 0 Å². The van der Waals surface area contributed by atoms with E-state index < -0.39 is 17.1 Å². The number of rotatable bonds is 12.